The van der Waals surface area contributed by atoms with E-state index in [1.165, 1.54) is 17.9 Å². The molecule has 1 rings (SSSR count). The van der Waals surface area contributed by atoms with Gasteiger partial charge < -0.3 is 9.84 Å². The predicted octanol–water partition coefficient (Wildman–Crippen LogP) is -0.639. The Bertz CT molecular complexity index is 440. The second-order valence-corrected chi connectivity index (χ2v) is 5.24. The van der Waals surface area contributed by atoms with Gasteiger partial charge in [-0.15, -0.1) is 0 Å². The quantitative estimate of drug-likeness (QED) is 0.649. The lowest BCUT2D eigenvalue weighted by molar-refractivity contribution is 0.0961. The summed E-state index contributed by atoms with van der Waals surface area (Å²) in [5.41, 5.74) is 0. The van der Waals surface area contributed by atoms with Crippen molar-refractivity contribution in [2.24, 2.45) is 7.05 Å². The standard InChI is InChI=1S/C8H14ClN3O4S/c1-12-8(7(9)6-10-12)17(14,15)11-2-4-16-5-3-13/h6,11,13H,2-5H2,1H3. The highest BCUT2D eigenvalue weighted by molar-refractivity contribution is 7.89. The van der Waals surface area contributed by atoms with Crippen LogP contribution in [0, 0.1) is 0 Å². The van der Waals surface area contributed by atoms with Crippen molar-refractivity contribution < 1.29 is 18.3 Å². The average molecular weight is 284 g/mol. The van der Waals surface area contributed by atoms with Gasteiger partial charge in [-0.2, -0.15) is 5.10 Å². The number of sulfonamides is 1. The van der Waals surface area contributed by atoms with E-state index in [4.69, 9.17) is 21.4 Å². The van der Waals surface area contributed by atoms with Crippen LogP contribution in [0.1, 0.15) is 0 Å². The molecule has 0 spiro atoms. The fourth-order valence-corrected chi connectivity index (χ4v) is 2.85. The van der Waals surface area contributed by atoms with Gasteiger partial charge in [-0.05, 0) is 0 Å². The molecule has 0 saturated heterocycles. The molecule has 0 aliphatic heterocycles. The van der Waals surface area contributed by atoms with Gasteiger partial charge in [0, 0.05) is 13.6 Å². The number of nitrogens with zero attached hydrogens (tertiary/aromatic N) is 2. The molecular formula is C8H14ClN3O4S. The molecule has 1 aromatic rings. The maximum Gasteiger partial charge on any atom is 0.259 e. The lowest BCUT2D eigenvalue weighted by atomic mass is 10.7. The van der Waals surface area contributed by atoms with Crippen LogP contribution >= 0.6 is 11.6 Å². The second kappa shape index (κ2) is 6.31. The molecule has 0 bridgehead atoms. The van der Waals surface area contributed by atoms with Gasteiger partial charge in [0.05, 0.1) is 31.0 Å². The van der Waals surface area contributed by atoms with Crippen molar-refractivity contribution in [2.75, 3.05) is 26.4 Å². The van der Waals surface area contributed by atoms with Crippen molar-refractivity contribution in [3.63, 3.8) is 0 Å². The summed E-state index contributed by atoms with van der Waals surface area (Å²) < 4.78 is 32.0. The lowest BCUT2D eigenvalue weighted by Gasteiger charge is -2.07. The van der Waals surface area contributed by atoms with E-state index in [-0.39, 0.29) is 36.4 Å². The van der Waals surface area contributed by atoms with E-state index in [0.29, 0.717) is 0 Å². The van der Waals surface area contributed by atoms with Crippen LogP contribution in [0.3, 0.4) is 0 Å². The Kier molecular flexibility index (Phi) is 5.34. The molecule has 0 fully saturated rings. The van der Waals surface area contributed by atoms with Gasteiger partial charge in [-0.1, -0.05) is 11.6 Å². The maximum atomic E-state index is 11.8. The van der Waals surface area contributed by atoms with Crippen LogP contribution in [0.15, 0.2) is 11.2 Å². The summed E-state index contributed by atoms with van der Waals surface area (Å²) in [6.07, 6.45) is 1.26. The van der Waals surface area contributed by atoms with Gasteiger partial charge in [0.1, 0.15) is 0 Å². The Balaban J connectivity index is 2.58. The van der Waals surface area contributed by atoms with Crippen molar-refractivity contribution in [1.29, 1.82) is 0 Å². The van der Waals surface area contributed by atoms with E-state index in [1.807, 2.05) is 0 Å². The molecule has 7 nitrogen and oxygen atoms in total. The number of nitrogens with one attached hydrogen (secondary N) is 1. The fraction of sp³-hybridized carbons (Fsp3) is 0.625. The van der Waals surface area contributed by atoms with E-state index >= 15 is 0 Å². The van der Waals surface area contributed by atoms with Gasteiger partial charge >= 0.3 is 0 Å². The lowest BCUT2D eigenvalue weighted by Crippen LogP contribution is -2.29. The number of aromatic nitrogens is 2. The molecule has 9 heteroatoms. The first-order valence-electron chi connectivity index (χ1n) is 4.85. The largest absolute Gasteiger partial charge is 0.394 e. The minimum Gasteiger partial charge on any atom is -0.394 e. The number of ether oxygens (including phenoxy) is 1. The van der Waals surface area contributed by atoms with Gasteiger partial charge in [-0.25, -0.2) is 13.1 Å². The molecule has 0 saturated carbocycles. The first-order chi connectivity index (χ1) is 7.99. The average Bonchev–Trinajstić information content (AvgIpc) is 2.58. The normalized spacial score (nSPS) is 11.9. The third-order valence-electron chi connectivity index (χ3n) is 1.87. The molecule has 0 atom stereocenters. The monoisotopic (exact) mass is 283 g/mol. The van der Waals surface area contributed by atoms with Gasteiger partial charge in [0.15, 0.2) is 5.03 Å². The van der Waals surface area contributed by atoms with Crippen molar-refractivity contribution >= 4 is 21.6 Å². The number of aliphatic hydroxyl groups excluding tert-OH is 1. The first-order valence-corrected chi connectivity index (χ1v) is 6.71. The van der Waals surface area contributed by atoms with Crippen LogP contribution in [0.2, 0.25) is 5.02 Å². The Morgan fingerprint density at radius 3 is 2.82 bits per heavy atom. The topological polar surface area (TPSA) is 93.5 Å². The van der Waals surface area contributed by atoms with Crippen LogP contribution in [-0.4, -0.2) is 49.7 Å². The van der Waals surface area contributed by atoms with E-state index in [9.17, 15) is 8.42 Å². The number of aryl methyl sites for hydroxylation is 1. The van der Waals surface area contributed by atoms with Crippen molar-refractivity contribution in [3.8, 4) is 0 Å². The van der Waals surface area contributed by atoms with Gasteiger partial charge in [0.25, 0.3) is 10.0 Å². The summed E-state index contributed by atoms with van der Waals surface area (Å²) in [6.45, 7) is 0.355. The highest BCUT2D eigenvalue weighted by atomic mass is 35.5. The number of rotatable bonds is 7. The summed E-state index contributed by atoms with van der Waals surface area (Å²) in [4.78, 5) is 0. The zero-order chi connectivity index (χ0) is 12.9. The van der Waals surface area contributed by atoms with Crippen molar-refractivity contribution in [3.05, 3.63) is 11.2 Å². The summed E-state index contributed by atoms with van der Waals surface area (Å²) in [6, 6.07) is 0. The maximum absolute atomic E-state index is 11.8. The second-order valence-electron chi connectivity index (χ2n) is 3.16. The Morgan fingerprint density at radius 2 is 2.29 bits per heavy atom. The number of hydrogen-bond acceptors (Lipinski definition) is 5. The van der Waals surface area contributed by atoms with Crippen LogP contribution < -0.4 is 4.72 Å². The Morgan fingerprint density at radius 1 is 1.59 bits per heavy atom. The predicted molar refractivity (Wildman–Crippen MR) is 61.3 cm³/mol. The third kappa shape index (κ3) is 3.93. The zero-order valence-corrected chi connectivity index (χ0v) is 10.8. The highest BCUT2D eigenvalue weighted by Crippen LogP contribution is 2.19. The summed E-state index contributed by atoms with van der Waals surface area (Å²) >= 11 is 5.73. The van der Waals surface area contributed by atoms with Crippen molar-refractivity contribution in [2.45, 2.75) is 5.03 Å². The van der Waals surface area contributed by atoms with Crippen LogP contribution in [0.4, 0.5) is 0 Å². The van der Waals surface area contributed by atoms with Gasteiger partial charge in [0.2, 0.25) is 0 Å². The van der Waals surface area contributed by atoms with Gasteiger partial charge in [-0.3, -0.25) is 4.68 Å². The molecule has 0 radical (unpaired) electrons. The number of aliphatic hydroxyl groups is 1. The van der Waals surface area contributed by atoms with E-state index in [1.54, 1.807) is 0 Å². The van der Waals surface area contributed by atoms with Crippen LogP contribution in [0.25, 0.3) is 0 Å². The molecule has 2 N–H and O–H groups in total. The smallest absolute Gasteiger partial charge is 0.259 e. The molecule has 1 heterocycles. The molecule has 1 aromatic heterocycles. The summed E-state index contributed by atoms with van der Waals surface area (Å²) in [5, 5.41) is 12.2. The SMILES string of the molecule is Cn1ncc(Cl)c1S(=O)(=O)NCCOCCO. The van der Waals surface area contributed by atoms with Crippen LogP contribution in [0.5, 0.6) is 0 Å². The molecule has 0 aromatic carbocycles. The Hall–Kier alpha value is -0.670. The van der Waals surface area contributed by atoms with Crippen molar-refractivity contribution in [1.82, 2.24) is 14.5 Å². The number of hydrogen-bond donors (Lipinski definition) is 2. The molecule has 0 aliphatic carbocycles. The molecule has 17 heavy (non-hydrogen) atoms. The molecule has 98 valence electrons. The minimum atomic E-state index is -3.69. The molecule has 0 aliphatic rings. The van der Waals surface area contributed by atoms with E-state index in [2.05, 4.69) is 9.82 Å². The Labute approximate surface area is 104 Å². The fourth-order valence-electron chi connectivity index (χ4n) is 1.18. The van der Waals surface area contributed by atoms with E-state index in [0.717, 1.165) is 0 Å². The van der Waals surface area contributed by atoms with Crippen LogP contribution in [-0.2, 0) is 21.8 Å². The van der Waals surface area contributed by atoms with E-state index < -0.39 is 10.0 Å². The summed E-state index contributed by atoms with van der Waals surface area (Å²) in [7, 11) is -2.20. The zero-order valence-electron chi connectivity index (χ0n) is 9.26. The highest BCUT2D eigenvalue weighted by Gasteiger charge is 2.21. The number of halogens is 1. The minimum absolute atomic E-state index is 0.0660. The summed E-state index contributed by atoms with van der Waals surface area (Å²) in [5.74, 6) is 0. The molecular weight excluding hydrogens is 270 g/mol. The third-order valence-corrected chi connectivity index (χ3v) is 3.84. The molecule has 0 unspecified atom stereocenters. The first kappa shape index (κ1) is 14.4. The molecule has 0 amide bonds.